The SMILES string of the molecule is COCON(C(=O)OC(C)(C)C)C(C)Cc1ccc(C(F)(F)F)c(O)c1. The zero-order valence-corrected chi connectivity index (χ0v) is 15.4. The number of carbonyl (C=O) groups excluding carboxylic acids is 1. The maximum Gasteiger partial charge on any atom is 0.434 e. The predicted octanol–water partition coefficient (Wildman–Crippen LogP) is 4.11. The average Bonchev–Trinajstić information content (AvgIpc) is 2.44. The molecule has 0 saturated carbocycles. The van der Waals surface area contributed by atoms with Crippen LogP contribution in [-0.2, 0) is 26.9 Å². The molecule has 26 heavy (non-hydrogen) atoms. The molecular weight excluding hydrogens is 355 g/mol. The van der Waals surface area contributed by atoms with Crippen LogP contribution < -0.4 is 0 Å². The monoisotopic (exact) mass is 379 g/mol. The maximum absolute atomic E-state index is 12.7. The summed E-state index contributed by atoms with van der Waals surface area (Å²) in [7, 11) is 1.38. The summed E-state index contributed by atoms with van der Waals surface area (Å²) in [5.74, 6) is -0.871. The second kappa shape index (κ2) is 8.59. The summed E-state index contributed by atoms with van der Waals surface area (Å²) in [5, 5.41) is 10.6. The van der Waals surface area contributed by atoms with E-state index in [1.165, 1.54) is 13.2 Å². The van der Waals surface area contributed by atoms with E-state index in [0.29, 0.717) is 5.56 Å². The van der Waals surface area contributed by atoms with E-state index in [1.54, 1.807) is 27.7 Å². The van der Waals surface area contributed by atoms with Crippen molar-refractivity contribution >= 4 is 6.09 Å². The van der Waals surface area contributed by atoms with Gasteiger partial charge in [0.25, 0.3) is 0 Å². The van der Waals surface area contributed by atoms with E-state index < -0.39 is 35.2 Å². The van der Waals surface area contributed by atoms with Crippen LogP contribution in [0.5, 0.6) is 5.75 Å². The van der Waals surface area contributed by atoms with Crippen LogP contribution in [0.3, 0.4) is 0 Å². The number of alkyl halides is 3. The van der Waals surface area contributed by atoms with E-state index in [4.69, 9.17) is 14.3 Å². The number of carbonyl (C=O) groups is 1. The Morgan fingerprint density at radius 1 is 1.27 bits per heavy atom. The average molecular weight is 379 g/mol. The Hall–Kier alpha value is -2.00. The molecule has 0 radical (unpaired) electrons. The van der Waals surface area contributed by atoms with Gasteiger partial charge in [-0.25, -0.2) is 9.63 Å². The largest absolute Gasteiger partial charge is 0.507 e. The van der Waals surface area contributed by atoms with Crippen LogP contribution >= 0.6 is 0 Å². The Bertz CT molecular complexity index is 613. The smallest absolute Gasteiger partial charge is 0.434 e. The van der Waals surface area contributed by atoms with Crippen LogP contribution in [0.2, 0.25) is 0 Å². The van der Waals surface area contributed by atoms with Gasteiger partial charge in [-0.05, 0) is 51.8 Å². The highest BCUT2D eigenvalue weighted by Crippen LogP contribution is 2.36. The fourth-order valence-corrected chi connectivity index (χ4v) is 2.14. The molecule has 6 nitrogen and oxygen atoms in total. The lowest BCUT2D eigenvalue weighted by molar-refractivity contribution is -0.217. The quantitative estimate of drug-likeness (QED) is 0.595. The first-order chi connectivity index (χ1) is 11.8. The highest BCUT2D eigenvalue weighted by Gasteiger charge is 2.34. The van der Waals surface area contributed by atoms with Gasteiger partial charge >= 0.3 is 12.3 Å². The van der Waals surface area contributed by atoms with Crippen molar-refractivity contribution in [2.45, 2.75) is 51.9 Å². The van der Waals surface area contributed by atoms with Crippen molar-refractivity contribution in [1.82, 2.24) is 5.06 Å². The summed E-state index contributed by atoms with van der Waals surface area (Å²) < 4.78 is 48.2. The van der Waals surface area contributed by atoms with Gasteiger partial charge in [-0.15, -0.1) is 0 Å². The summed E-state index contributed by atoms with van der Waals surface area (Å²) in [4.78, 5) is 17.5. The number of hydrogen-bond acceptors (Lipinski definition) is 5. The number of phenolic OH excluding ortho intramolecular Hbond substituents is 1. The molecule has 0 aromatic heterocycles. The molecule has 0 aliphatic rings. The van der Waals surface area contributed by atoms with E-state index in [1.807, 2.05) is 0 Å². The van der Waals surface area contributed by atoms with E-state index in [2.05, 4.69) is 0 Å². The topological polar surface area (TPSA) is 68.2 Å². The van der Waals surface area contributed by atoms with Gasteiger partial charge in [0, 0.05) is 7.11 Å². The first kappa shape index (κ1) is 22.0. The van der Waals surface area contributed by atoms with Crippen LogP contribution in [0.25, 0.3) is 0 Å². The Labute approximate surface area is 150 Å². The van der Waals surface area contributed by atoms with Crippen LogP contribution in [0.1, 0.15) is 38.8 Å². The van der Waals surface area contributed by atoms with Gasteiger partial charge in [-0.2, -0.15) is 18.2 Å². The molecule has 9 heteroatoms. The normalized spacial score (nSPS) is 13.4. The molecule has 0 fully saturated rings. The molecule has 148 valence electrons. The lowest BCUT2D eigenvalue weighted by Gasteiger charge is -2.30. The highest BCUT2D eigenvalue weighted by molar-refractivity contribution is 5.67. The van der Waals surface area contributed by atoms with Crippen molar-refractivity contribution in [3.8, 4) is 5.75 Å². The fraction of sp³-hybridized carbons (Fsp3) is 0.588. The summed E-state index contributed by atoms with van der Waals surface area (Å²) in [6.45, 7) is 6.50. The van der Waals surface area contributed by atoms with Crippen molar-refractivity contribution in [2.75, 3.05) is 13.9 Å². The van der Waals surface area contributed by atoms with Gasteiger partial charge < -0.3 is 14.6 Å². The number of rotatable bonds is 6. The summed E-state index contributed by atoms with van der Waals surface area (Å²) in [5.41, 5.74) is -1.47. The van der Waals surface area contributed by atoms with Crippen molar-refractivity contribution < 1.29 is 37.4 Å². The van der Waals surface area contributed by atoms with Crippen LogP contribution in [0, 0.1) is 0 Å². The molecule has 0 spiro atoms. The molecule has 1 rings (SSSR count). The number of nitrogens with zero attached hydrogens (tertiary/aromatic N) is 1. The highest BCUT2D eigenvalue weighted by atomic mass is 19.4. The minimum Gasteiger partial charge on any atom is -0.507 e. The van der Waals surface area contributed by atoms with E-state index in [9.17, 15) is 23.1 Å². The van der Waals surface area contributed by atoms with Gasteiger partial charge in [0.15, 0.2) is 6.79 Å². The zero-order chi connectivity index (χ0) is 20.1. The van der Waals surface area contributed by atoms with Crippen molar-refractivity contribution in [3.05, 3.63) is 29.3 Å². The molecule has 1 aromatic carbocycles. The van der Waals surface area contributed by atoms with Gasteiger partial charge in [-0.1, -0.05) is 6.07 Å². The molecule has 0 bridgehead atoms. The van der Waals surface area contributed by atoms with Crippen LogP contribution in [0.4, 0.5) is 18.0 Å². The first-order valence-electron chi connectivity index (χ1n) is 7.88. The standard InChI is InChI=1S/C17H24F3NO5/c1-11(21(25-10-24-5)15(23)26-16(2,3)4)8-12-6-7-13(14(22)9-12)17(18,19)20/h6-7,9,11,22H,8,10H2,1-5H3. The molecule has 0 aliphatic heterocycles. The Kier molecular flexibility index (Phi) is 7.28. The molecule has 1 unspecified atom stereocenters. The number of aromatic hydroxyl groups is 1. The number of amides is 1. The number of methoxy groups -OCH3 is 1. The van der Waals surface area contributed by atoms with Crippen LogP contribution in [-0.4, -0.2) is 41.8 Å². The minimum atomic E-state index is -4.64. The van der Waals surface area contributed by atoms with Crippen molar-refractivity contribution in [3.63, 3.8) is 0 Å². The number of hydroxylamine groups is 2. The number of ether oxygens (including phenoxy) is 2. The van der Waals surface area contributed by atoms with Crippen molar-refractivity contribution in [1.29, 1.82) is 0 Å². The third-order valence-electron chi connectivity index (χ3n) is 3.18. The Morgan fingerprint density at radius 3 is 2.35 bits per heavy atom. The fourth-order valence-electron chi connectivity index (χ4n) is 2.14. The third-order valence-corrected chi connectivity index (χ3v) is 3.18. The van der Waals surface area contributed by atoms with E-state index in [0.717, 1.165) is 17.2 Å². The van der Waals surface area contributed by atoms with Crippen molar-refractivity contribution in [2.24, 2.45) is 0 Å². The summed E-state index contributed by atoms with van der Waals surface area (Å²) in [6, 6.07) is 2.47. The first-order valence-corrected chi connectivity index (χ1v) is 7.88. The van der Waals surface area contributed by atoms with E-state index in [-0.39, 0.29) is 13.2 Å². The van der Waals surface area contributed by atoms with Gasteiger partial charge in [0.1, 0.15) is 11.4 Å². The third kappa shape index (κ3) is 6.72. The minimum absolute atomic E-state index is 0.134. The maximum atomic E-state index is 12.7. The molecule has 1 atom stereocenters. The lowest BCUT2D eigenvalue weighted by Crippen LogP contribution is -2.43. The molecule has 0 heterocycles. The summed E-state index contributed by atoms with van der Waals surface area (Å²) >= 11 is 0. The Balaban J connectivity index is 2.93. The van der Waals surface area contributed by atoms with Gasteiger partial charge in [0.2, 0.25) is 0 Å². The molecule has 1 aromatic rings. The number of phenols is 1. The van der Waals surface area contributed by atoms with Crippen LogP contribution in [0.15, 0.2) is 18.2 Å². The second-order valence-electron chi connectivity index (χ2n) is 6.74. The predicted molar refractivity (Wildman–Crippen MR) is 87.3 cm³/mol. The Morgan fingerprint density at radius 2 is 1.88 bits per heavy atom. The zero-order valence-electron chi connectivity index (χ0n) is 15.4. The summed E-state index contributed by atoms with van der Waals surface area (Å²) in [6.07, 6.45) is -5.26. The second-order valence-corrected chi connectivity index (χ2v) is 6.74. The van der Waals surface area contributed by atoms with E-state index >= 15 is 0 Å². The number of benzene rings is 1. The van der Waals surface area contributed by atoms with Gasteiger partial charge in [0.05, 0.1) is 11.6 Å². The number of hydrogen-bond donors (Lipinski definition) is 1. The lowest BCUT2D eigenvalue weighted by atomic mass is 10.0. The molecule has 1 amide bonds. The molecule has 0 aliphatic carbocycles. The molecular formula is C17H24F3NO5. The van der Waals surface area contributed by atoms with Gasteiger partial charge in [-0.3, -0.25) is 0 Å². The molecule has 0 saturated heterocycles. The number of halogens is 3. The molecule has 1 N–H and O–H groups in total.